The summed E-state index contributed by atoms with van der Waals surface area (Å²) < 4.78 is 11.5. The Morgan fingerprint density at radius 2 is 1.83 bits per heavy atom. The minimum absolute atomic E-state index is 0.176. The molecule has 0 saturated carbocycles. The minimum atomic E-state index is -0.555. The van der Waals surface area contributed by atoms with Crippen molar-refractivity contribution in [2.45, 2.75) is 40.2 Å². The lowest BCUT2D eigenvalue weighted by Gasteiger charge is -2.19. The van der Waals surface area contributed by atoms with E-state index in [0.717, 1.165) is 11.3 Å². The summed E-state index contributed by atoms with van der Waals surface area (Å²) in [7, 11) is 0. The van der Waals surface area contributed by atoms with Crippen LogP contribution in [-0.2, 0) is 4.79 Å². The molecule has 0 bridgehead atoms. The van der Waals surface area contributed by atoms with Gasteiger partial charge in [-0.15, -0.1) is 0 Å². The van der Waals surface area contributed by atoms with E-state index in [1.807, 2.05) is 70.2 Å². The number of nitrogens with one attached hydrogen (secondary N) is 1. The average molecular weight is 327 g/mol. The van der Waals surface area contributed by atoms with Gasteiger partial charge in [0.1, 0.15) is 11.5 Å². The number of hydrogen-bond donors (Lipinski definition) is 1. The maximum atomic E-state index is 12.6. The van der Waals surface area contributed by atoms with Crippen molar-refractivity contribution in [2.75, 3.05) is 11.9 Å². The zero-order chi connectivity index (χ0) is 17.5. The minimum Gasteiger partial charge on any atom is -0.492 e. The SMILES string of the molecule is CCOc1ccccc1NC(=O)[C@@H](CC)Oc1ccc(C)cc1C. The Morgan fingerprint density at radius 1 is 1.08 bits per heavy atom. The number of hydrogen-bond acceptors (Lipinski definition) is 3. The Hall–Kier alpha value is -2.49. The summed E-state index contributed by atoms with van der Waals surface area (Å²) in [5, 5.41) is 2.91. The molecule has 2 aromatic rings. The van der Waals surface area contributed by atoms with Crippen LogP contribution in [0.4, 0.5) is 5.69 Å². The number of carbonyl (C=O) groups excluding carboxylic acids is 1. The Morgan fingerprint density at radius 3 is 2.50 bits per heavy atom. The van der Waals surface area contributed by atoms with Gasteiger partial charge >= 0.3 is 0 Å². The molecule has 1 atom stereocenters. The molecule has 4 heteroatoms. The highest BCUT2D eigenvalue weighted by molar-refractivity contribution is 5.95. The van der Waals surface area contributed by atoms with Crippen LogP contribution in [0.5, 0.6) is 11.5 Å². The van der Waals surface area contributed by atoms with Gasteiger partial charge in [0.25, 0.3) is 5.91 Å². The molecule has 0 aromatic heterocycles. The smallest absolute Gasteiger partial charge is 0.265 e. The number of carbonyl (C=O) groups is 1. The lowest BCUT2D eigenvalue weighted by Crippen LogP contribution is -2.32. The van der Waals surface area contributed by atoms with Crippen LogP contribution in [0, 0.1) is 13.8 Å². The molecule has 0 radical (unpaired) electrons. The van der Waals surface area contributed by atoms with E-state index >= 15 is 0 Å². The van der Waals surface area contributed by atoms with Crippen molar-refractivity contribution in [1.82, 2.24) is 0 Å². The van der Waals surface area contributed by atoms with Gasteiger partial charge in [0.2, 0.25) is 0 Å². The van der Waals surface area contributed by atoms with Gasteiger partial charge in [-0.2, -0.15) is 0 Å². The second-order valence-electron chi connectivity index (χ2n) is 5.70. The summed E-state index contributed by atoms with van der Waals surface area (Å²) in [4.78, 5) is 12.6. The predicted molar refractivity (Wildman–Crippen MR) is 96.9 cm³/mol. The van der Waals surface area contributed by atoms with Crippen LogP contribution in [0.25, 0.3) is 0 Å². The molecule has 1 amide bonds. The highest BCUT2D eigenvalue weighted by Gasteiger charge is 2.20. The fourth-order valence-corrected chi connectivity index (χ4v) is 2.47. The van der Waals surface area contributed by atoms with E-state index in [9.17, 15) is 4.79 Å². The number of anilines is 1. The van der Waals surface area contributed by atoms with E-state index in [-0.39, 0.29) is 5.91 Å². The van der Waals surface area contributed by atoms with Crippen LogP contribution in [0.1, 0.15) is 31.4 Å². The van der Waals surface area contributed by atoms with Gasteiger partial charge in [0.15, 0.2) is 6.10 Å². The van der Waals surface area contributed by atoms with Gasteiger partial charge < -0.3 is 14.8 Å². The zero-order valence-corrected chi connectivity index (χ0v) is 14.8. The normalized spacial score (nSPS) is 11.7. The third kappa shape index (κ3) is 4.51. The Balaban J connectivity index is 2.12. The maximum absolute atomic E-state index is 12.6. The molecule has 0 spiro atoms. The second-order valence-corrected chi connectivity index (χ2v) is 5.70. The van der Waals surface area contributed by atoms with Gasteiger partial charge in [-0.1, -0.05) is 36.8 Å². The summed E-state index contributed by atoms with van der Waals surface area (Å²) >= 11 is 0. The van der Waals surface area contributed by atoms with Crippen molar-refractivity contribution in [3.05, 3.63) is 53.6 Å². The van der Waals surface area contributed by atoms with Crippen molar-refractivity contribution < 1.29 is 14.3 Å². The van der Waals surface area contributed by atoms with Crippen molar-refractivity contribution in [2.24, 2.45) is 0 Å². The van der Waals surface area contributed by atoms with Crippen LogP contribution >= 0.6 is 0 Å². The molecule has 4 nitrogen and oxygen atoms in total. The lowest BCUT2D eigenvalue weighted by atomic mass is 10.1. The number of benzene rings is 2. The van der Waals surface area contributed by atoms with E-state index in [4.69, 9.17) is 9.47 Å². The van der Waals surface area contributed by atoms with E-state index in [1.54, 1.807) is 0 Å². The molecule has 128 valence electrons. The fourth-order valence-electron chi connectivity index (χ4n) is 2.47. The topological polar surface area (TPSA) is 47.6 Å². The number of para-hydroxylation sites is 2. The van der Waals surface area contributed by atoms with Gasteiger partial charge in [-0.25, -0.2) is 0 Å². The van der Waals surface area contributed by atoms with Crippen LogP contribution in [0.2, 0.25) is 0 Å². The fraction of sp³-hybridized carbons (Fsp3) is 0.350. The van der Waals surface area contributed by atoms with Crippen LogP contribution in [0.15, 0.2) is 42.5 Å². The number of amides is 1. The van der Waals surface area contributed by atoms with Crippen LogP contribution in [-0.4, -0.2) is 18.6 Å². The number of ether oxygens (including phenoxy) is 2. The molecule has 0 aliphatic rings. The van der Waals surface area contributed by atoms with Gasteiger partial charge in [-0.3, -0.25) is 4.79 Å². The van der Waals surface area contributed by atoms with Crippen molar-refractivity contribution in [3.63, 3.8) is 0 Å². The maximum Gasteiger partial charge on any atom is 0.265 e. The van der Waals surface area contributed by atoms with Gasteiger partial charge in [0, 0.05) is 0 Å². The predicted octanol–water partition coefficient (Wildman–Crippen LogP) is 4.50. The highest BCUT2D eigenvalue weighted by atomic mass is 16.5. The van der Waals surface area contributed by atoms with Crippen LogP contribution in [0.3, 0.4) is 0 Å². The monoisotopic (exact) mass is 327 g/mol. The molecule has 0 fully saturated rings. The first-order valence-corrected chi connectivity index (χ1v) is 8.31. The number of rotatable bonds is 7. The third-order valence-electron chi connectivity index (χ3n) is 3.71. The van der Waals surface area contributed by atoms with Gasteiger partial charge in [-0.05, 0) is 51.0 Å². The molecule has 0 heterocycles. The first kappa shape index (κ1) is 17.9. The second kappa shape index (κ2) is 8.39. The average Bonchev–Trinajstić information content (AvgIpc) is 2.56. The van der Waals surface area contributed by atoms with E-state index in [2.05, 4.69) is 5.32 Å². The summed E-state index contributed by atoms with van der Waals surface area (Å²) in [6.45, 7) is 8.41. The van der Waals surface area contributed by atoms with Crippen LogP contribution < -0.4 is 14.8 Å². The van der Waals surface area contributed by atoms with Gasteiger partial charge in [0.05, 0.1) is 12.3 Å². The molecule has 0 saturated heterocycles. The Labute approximate surface area is 143 Å². The Kier molecular flexibility index (Phi) is 6.24. The standard InChI is InChI=1S/C20H25NO3/c1-5-17(24-18-12-11-14(3)13-15(18)4)20(22)21-16-9-7-8-10-19(16)23-6-2/h7-13,17H,5-6H2,1-4H3,(H,21,22)/t17-/m1/s1. The van der Waals surface area contributed by atoms with E-state index in [1.165, 1.54) is 5.56 Å². The molecule has 24 heavy (non-hydrogen) atoms. The number of aryl methyl sites for hydroxylation is 2. The summed E-state index contributed by atoms with van der Waals surface area (Å²) in [6.07, 6.45) is 0.0248. The first-order valence-electron chi connectivity index (χ1n) is 8.31. The van der Waals surface area contributed by atoms with Crippen molar-refractivity contribution >= 4 is 11.6 Å². The Bertz CT molecular complexity index is 697. The summed E-state index contributed by atoms with van der Waals surface area (Å²) in [5.74, 6) is 1.22. The molecule has 1 N–H and O–H groups in total. The molecule has 0 aliphatic heterocycles. The zero-order valence-electron chi connectivity index (χ0n) is 14.8. The molecular formula is C20H25NO3. The molecule has 0 unspecified atom stereocenters. The first-order chi connectivity index (χ1) is 11.5. The van der Waals surface area contributed by atoms with E-state index < -0.39 is 6.10 Å². The molecule has 0 aliphatic carbocycles. The molecular weight excluding hydrogens is 302 g/mol. The largest absolute Gasteiger partial charge is 0.492 e. The molecule has 2 rings (SSSR count). The van der Waals surface area contributed by atoms with Crippen molar-refractivity contribution in [3.8, 4) is 11.5 Å². The van der Waals surface area contributed by atoms with E-state index in [0.29, 0.717) is 24.5 Å². The summed E-state index contributed by atoms with van der Waals surface area (Å²) in [5.41, 5.74) is 2.85. The highest BCUT2D eigenvalue weighted by Crippen LogP contribution is 2.25. The molecule has 2 aromatic carbocycles. The van der Waals surface area contributed by atoms with Crippen molar-refractivity contribution in [1.29, 1.82) is 0 Å². The third-order valence-corrected chi connectivity index (χ3v) is 3.71. The lowest BCUT2D eigenvalue weighted by molar-refractivity contribution is -0.122. The summed E-state index contributed by atoms with van der Waals surface area (Å²) in [6, 6.07) is 13.3. The quantitative estimate of drug-likeness (QED) is 0.814.